The van der Waals surface area contributed by atoms with E-state index in [1.807, 2.05) is 6.92 Å². The van der Waals surface area contributed by atoms with Gasteiger partial charge in [0.15, 0.2) is 0 Å². The SMILES string of the molecule is CCCC[C@H]1C(=O)N(C)[C@@H](CCCC)C(=O)N[C@@H](CCC(=O)O)C(=O)N[C@H](C(=O)NCC(N)=O)CSCC(=O)N[C@@H](Cc2ccc(O)cc2)C(=O)N(C)[C@@H](C)C(=O)N[C@H](CC(N)=O)C(=O)N2CCC[C@H]2C(=O)N[C@@H](Cc2c[nH]cn2)C(=O)N[C@@H](CC(N)=O)C(=O)N2CCC[C@H]2C(=O)N[C@@H](Cc2c[nH]c3ccccc23)C(=O)N[C@@H](CCO)C(=O)N[C@@H](Cc2c[nH]c3ccccc23)C(=O)N1C. The van der Waals surface area contributed by atoms with Gasteiger partial charge in [0.2, 0.25) is 106 Å². The van der Waals surface area contributed by atoms with Crippen molar-refractivity contribution in [3.63, 3.8) is 0 Å². The molecule has 134 heavy (non-hydrogen) atoms. The van der Waals surface area contributed by atoms with Gasteiger partial charge in [-0.3, -0.25) is 91.1 Å². The fourth-order valence-electron chi connectivity index (χ4n) is 16.4. The molecule has 14 atom stereocenters. The summed E-state index contributed by atoms with van der Waals surface area (Å²) in [4.78, 5) is 293. The maximum atomic E-state index is 15.8. The van der Waals surface area contributed by atoms with Gasteiger partial charge in [0.25, 0.3) is 0 Å². The van der Waals surface area contributed by atoms with E-state index >= 15 is 33.6 Å². The van der Waals surface area contributed by atoms with E-state index < -0.39 is 260 Å². The molecular weight excluding hydrogens is 1760 g/mol. The van der Waals surface area contributed by atoms with Crippen LogP contribution in [-0.4, -0.2) is 316 Å². The number of nitrogens with one attached hydrogen (secondary N) is 13. The lowest BCUT2D eigenvalue weighted by atomic mass is 9.99. The van der Waals surface area contributed by atoms with Crippen molar-refractivity contribution in [1.82, 2.24) is 97.6 Å². The van der Waals surface area contributed by atoms with Gasteiger partial charge in [0.1, 0.15) is 90.3 Å². The van der Waals surface area contributed by atoms with Crippen LogP contribution in [0.25, 0.3) is 21.8 Å². The number of carbonyl (C=O) groups excluding carboxylic acids is 18. The van der Waals surface area contributed by atoms with Gasteiger partial charge in [0.05, 0.1) is 37.2 Å². The molecule has 3 aromatic heterocycles. The monoisotopic (exact) mass is 1880 g/mol. The average molecular weight is 1880 g/mol. The number of nitrogens with two attached hydrogens (primary N) is 3. The summed E-state index contributed by atoms with van der Waals surface area (Å²) >= 11 is 0.701. The number of likely N-dealkylation sites (N-methyl/N-ethyl adjacent to an activating group) is 3. The number of nitrogens with zero attached hydrogens (tertiary/aromatic N) is 6. The Kier molecular flexibility index (Phi) is 38.3. The summed E-state index contributed by atoms with van der Waals surface area (Å²) in [6.45, 7) is 3.02. The number of aliphatic carboxylic acids is 1. The van der Waals surface area contributed by atoms with E-state index in [4.69, 9.17) is 17.2 Å². The molecule has 0 radical (unpaired) electrons. The van der Waals surface area contributed by atoms with Gasteiger partial charge in [-0.1, -0.05) is 88.1 Å². The Morgan fingerprint density at radius 2 is 0.963 bits per heavy atom. The minimum absolute atomic E-state index is 0.0412. The summed E-state index contributed by atoms with van der Waals surface area (Å²) in [5.74, 6) is -20.7. The highest BCUT2D eigenvalue weighted by Gasteiger charge is 2.46. The Bertz CT molecular complexity index is 5240. The first-order valence-corrected chi connectivity index (χ1v) is 45.6. The summed E-state index contributed by atoms with van der Waals surface area (Å²) in [5, 5.41) is 58.0. The third-order valence-corrected chi connectivity index (χ3v) is 24.9. The van der Waals surface area contributed by atoms with Gasteiger partial charge in [0, 0.05) is 119 Å². The number of para-hydroxylation sites is 2. The van der Waals surface area contributed by atoms with Gasteiger partial charge in [-0.15, -0.1) is 11.8 Å². The third kappa shape index (κ3) is 28.5. The topological polar surface area (TPSA) is 660 Å². The molecule has 6 aromatic rings. The van der Waals surface area contributed by atoms with Crippen molar-refractivity contribution in [3.8, 4) is 5.75 Å². The number of carboxylic acid groups (broad SMARTS) is 1. The third-order valence-electron chi connectivity index (χ3n) is 23.9. The van der Waals surface area contributed by atoms with Gasteiger partial charge in [-0.05, 0) is 99.2 Å². The van der Waals surface area contributed by atoms with Crippen molar-refractivity contribution < 1.29 is 106 Å². The number of primary amides is 3. The maximum Gasteiger partial charge on any atom is 0.303 e. The molecule has 6 heterocycles. The van der Waals surface area contributed by atoms with Crippen molar-refractivity contribution in [2.75, 3.05) is 58.9 Å². The number of aliphatic hydroxyl groups is 1. The van der Waals surface area contributed by atoms with Crippen molar-refractivity contribution in [3.05, 3.63) is 120 Å². The van der Waals surface area contributed by atoms with E-state index in [0.29, 0.717) is 69.5 Å². The number of thioether (sulfide) groups is 1. The van der Waals surface area contributed by atoms with E-state index in [2.05, 4.69) is 73.1 Å². The van der Waals surface area contributed by atoms with Crippen LogP contribution in [0, 0.1) is 0 Å². The average Bonchev–Trinajstić information content (AvgIpc) is 1.67. The van der Waals surface area contributed by atoms with E-state index in [1.165, 1.54) is 64.9 Å². The molecule has 3 fully saturated rings. The first-order chi connectivity index (χ1) is 63.9. The number of phenolic OH excluding ortho intramolecular Hbond substituents is 1. The van der Waals surface area contributed by atoms with Crippen LogP contribution in [0.2, 0.25) is 0 Å². The highest BCUT2D eigenvalue weighted by atomic mass is 32.2. The molecule has 0 unspecified atom stereocenters. The van der Waals surface area contributed by atoms with Crippen molar-refractivity contribution in [2.24, 2.45) is 17.2 Å². The molecule has 3 aliphatic heterocycles. The largest absolute Gasteiger partial charge is 0.508 e. The van der Waals surface area contributed by atoms with Crippen LogP contribution in [0.1, 0.15) is 139 Å². The summed E-state index contributed by atoms with van der Waals surface area (Å²) in [6, 6.07) is -3.12. The number of amides is 18. The predicted octanol–water partition coefficient (Wildman–Crippen LogP) is -3.08. The Hall–Kier alpha value is -14.0. The summed E-state index contributed by atoms with van der Waals surface area (Å²) in [6.07, 6.45) is 2.53. The Balaban J connectivity index is 1.10. The molecule has 0 spiro atoms. The lowest BCUT2D eigenvalue weighted by Crippen LogP contribution is -2.61. The van der Waals surface area contributed by atoms with Crippen LogP contribution in [0.15, 0.2) is 97.7 Å². The number of benzene rings is 3. The zero-order valence-electron chi connectivity index (χ0n) is 75.4. The minimum Gasteiger partial charge on any atom is -0.508 e. The van der Waals surface area contributed by atoms with E-state index in [1.54, 1.807) is 67.8 Å². The van der Waals surface area contributed by atoms with Crippen molar-refractivity contribution in [2.45, 2.75) is 227 Å². The minimum atomic E-state index is -1.85. The quantitative estimate of drug-likeness (QED) is 0.0256. The highest BCUT2D eigenvalue weighted by Crippen LogP contribution is 2.28. The number of rotatable bonds is 26. The molecule has 18 amide bonds. The first kappa shape index (κ1) is 104. The number of aromatic amines is 3. The zero-order valence-corrected chi connectivity index (χ0v) is 76.2. The van der Waals surface area contributed by atoms with E-state index in [9.17, 15) is 72.9 Å². The molecule has 3 saturated heterocycles. The smallest absolute Gasteiger partial charge is 0.303 e. The Labute approximate surface area is 775 Å². The lowest BCUT2D eigenvalue weighted by Gasteiger charge is -2.36. The molecule has 3 aromatic carbocycles. The first-order valence-electron chi connectivity index (χ1n) is 44.4. The van der Waals surface area contributed by atoms with Crippen LogP contribution in [-0.2, 0) is 117 Å². The molecule has 22 N–H and O–H groups in total. The normalized spacial score (nSPS) is 24.2. The highest BCUT2D eigenvalue weighted by molar-refractivity contribution is 8.00. The van der Waals surface area contributed by atoms with Crippen LogP contribution in [0.5, 0.6) is 5.75 Å². The molecule has 724 valence electrons. The number of aliphatic hydroxyl groups excluding tert-OH is 1. The van der Waals surface area contributed by atoms with Gasteiger partial charge in [-0.2, -0.15) is 0 Å². The lowest BCUT2D eigenvalue weighted by molar-refractivity contribution is -0.149. The molecule has 3 aliphatic rings. The summed E-state index contributed by atoms with van der Waals surface area (Å²) in [5.41, 5.74) is 19.7. The van der Waals surface area contributed by atoms with Gasteiger partial charge in [-0.25, -0.2) is 4.98 Å². The summed E-state index contributed by atoms with van der Waals surface area (Å²) in [7, 11) is 3.80. The number of aromatic hydroxyl groups is 1. The van der Waals surface area contributed by atoms with Crippen LogP contribution < -0.4 is 70.4 Å². The number of phenols is 1. The van der Waals surface area contributed by atoms with Gasteiger partial charge < -0.3 is 125 Å². The molecule has 44 nitrogen and oxygen atoms in total. The fourth-order valence-corrected chi connectivity index (χ4v) is 17.3. The molecule has 0 saturated carbocycles. The second-order valence-electron chi connectivity index (χ2n) is 33.6. The molecular formula is C89H120N22O22S. The zero-order chi connectivity index (χ0) is 97.7. The fraction of sp³-hybridized carbons (Fsp3) is 0.506. The Morgan fingerprint density at radius 1 is 0.493 bits per heavy atom. The maximum absolute atomic E-state index is 15.8. The van der Waals surface area contributed by atoms with Crippen LogP contribution in [0.3, 0.4) is 0 Å². The number of imidazole rings is 1. The Morgan fingerprint density at radius 3 is 1.49 bits per heavy atom. The number of aromatic nitrogens is 4. The molecule has 0 bridgehead atoms. The number of carbonyl (C=O) groups is 19. The van der Waals surface area contributed by atoms with Gasteiger partial charge >= 0.3 is 5.97 Å². The van der Waals surface area contributed by atoms with Crippen LogP contribution >= 0.6 is 11.8 Å². The van der Waals surface area contributed by atoms with Crippen molar-refractivity contribution >= 4 is 146 Å². The second kappa shape index (κ2) is 49.5. The van der Waals surface area contributed by atoms with E-state index in [0.717, 1.165) is 24.5 Å². The number of hydrogen-bond donors (Lipinski definition) is 19. The number of carboxylic acids is 1. The predicted molar refractivity (Wildman–Crippen MR) is 485 cm³/mol. The second-order valence-corrected chi connectivity index (χ2v) is 34.6. The molecule has 45 heteroatoms. The number of unbranched alkanes of at least 4 members (excludes halogenated alkanes) is 2. The summed E-state index contributed by atoms with van der Waals surface area (Å²) < 4.78 is 0. The molecule has 0 aliphatic carbocycles. The number of fused-ring (bicyclic) bond motifs is 4. The number of hydrogen-bond acceptors (Lipinski definition) is 23. The van der Waals surface area contributed by atoms with E-state index in [-0.39, 0.29) is 88.7 Å². The van der Waals surface area contributed by atoms with Crippen molar-refractivity contribution in [1.29, 1.82) is 0 Å². The van der Waals surface area contributed by atoms with Crippen LogP contribution in [0.4, 0.5) is 0 Å². The standard InChI is InChI=1S/C89H120N22O22S/c1-7-9-21-67-82(126)100-58(29-30-75(118)119)78(122)106-66(77(121)96-44-73(92)116)45-134-46-74(117)98-62(35-49-25-27-53(113)28-26-49)85(129)107(4)48(3)76(120)103-64(39-71(90)114)87(131)110-32-16-24-69(110)84(128)102-61(38-52-43-93-47-97-52)81(125)105-65(40-72(91)115)88(132)111-33-15-23-68(111)83(127)101-60(36-50-41-94-56-19-13-11-17-54(50)56)80(124)99-59(31-34-112)79(123)104-63(37-51-42-95-57-20-14-12-18-55(51)57)86(130)109(6)70(22-10-8-2)89(133)108(67)5/h11-14,17-20,25-28,41-43,47-48,58-70,94-95,112-113H,7-10,15-16,21-24,29-40,44-46H2,1-6H3,(H2,90,114)(H2,91,115)(H2,92,116)(H,93,97)(H,96,121)(H,98,117)(H,99,124)(H,100,126)(H,101,127)(H,102,128)(H,103,120)(H,104,123)(H,105,125)(H,106,122)(H,118,119)/t48-,58-,59-,60-,61-,62-,63-,64+,65-,66-,67-,68-,69-,70-/m0/s1. The molecule has 9 rings (SSSR count). The number of H-pyrrole nitrogens is 3.